The molecule has 0 atom stereocenters. The Morgan fingerprint density at radius 1 is 0.436 bits per heavy atom. The third-order valence-corrected chi connectivity index (χ3v) is 17.5. The molecule has 0 spiro atoms. The molecule has 0 saturated carbocycles. The average molecular weight is 1160 g/mol. The van der Waals surface area contributed by atoms with E-state index < -0.39 is 29.5 Å². The first kappa shape index (κ1) is 58.0. The maximum Gasteiger partial charge on any atom is 0.200 e. The summed E-state index contributed by atoms with van der Waals surface area (Å²) in [7, 11) is -9.61. The quantitative estimate of drug-likeness (QED) is 0.111. The minimum absolute atomic E-state index is 0. The molecule has 12 aromatic rings. The number of fused-ring (bicyclic) bond motifs is 3. The van der Waals surface area contributed by atoms with E-state index in [1.807, 2.05) is 56.5 Å². The standard InChI is InChI=1S/C18H15N3O2S2.2C17H14N4O2S2.3CH4/c1-25(22,23)15-6-4-13(5-7-15)16-8-9-17-18(20-16)19-12-21(17)11-14-3-2-10-24-14;1-25(22,23)14-6-4-12(5-7-14)15-9-18-16-17(20-15)21(11-19-16)10-13-3-2-8-24-13;1-25(22,23)14-6-4-12(5-7-14)15-9-18-16-11-21(20-17(16)19-15)10-13-3-2-8-24-13;;;/h2-10,12H,11H2,1H3;2*2-9,11H,10H2,1H3;3*1H4. The summed E-state index contributed by atoms with van der Waals surface area (Å²) in [6, 6.07) is 36.2. The first-order valence-electron chi connectivity index (χ1n) is 22.7. The second-order valence-electron chi connectivity index (χ2n) is 17.1. The SMILES string of the molecule is C.C.C.CS(=O)(=O)c1ccc(-c2ccc3c(ncn3Cc3cccs3)n2)cc1.CS(=O)(=O)c1ccc(-c2cnc3cn(Cc4cccs4)nc3n2)cc1.CS(=O)(=O)c1ccc(-c2cnc3ncn(Cc4cccs4)c3n2)cc1. The number of benzene rings is 3. The molecule has 0 unspecified atom stereocenters. The molecule has 9 heterocycles. The molecule has 9 aromatic heterocycles. The van der Waals surface area contributed by atoms with E-state index in [0.29, 0.717) is 52.0 Å². The van der Waals surface area contributed by atoms with E-state index in [-0.39, 0.29) is 32.1 Å². The van der Waals surface area contributed by atoms with Crippen molar-refractivity contribution in [2.24, 2.45) is 0 Å². The van der Waals surface area contributed by atoms with Crippen LogP contribution in [0, 0.1) is 0 Å². The minimum Gasteiger partial charge on any atom is -0.324 e. The van der Waals surface area contributed by atoms with Crippen LogP contribution in [-0.2, 0) is 49.1 Å². The molecule has 17 nitrogen and oxygen atoms in total. The molecule has 23 heteroatoms. The fraction of sp³-hybridized carbons (Fsp3) is 0.164. The fourth-order valence-corrected chi connectivity index (χ4v) is 11.7. The maximum atomic E-state index is 11.6. The maximum absolute atomic E-state index is 11.6. The molecule has 78 heavy (non-hydrogen) atoms. The number of nitrogens with zero attached hydrogens (tertiary/aromatic N) is 11. The lowest BCUT2D eigenvalue weighted by Crippen LogP contribution is -1.99. The Morgan fingerprint density at radius 3 is 1.37 bits per heavy atom. The first-order valence-corrected chi connectivity index (χ1v) is 31.0. The molecule has 0 N–H and O–H groups in total. The lowest BCUT2D eigenvalue weighted by atomic mass is 10.1. The zero-order chi connectivity index (χ0) is 52.3. The van der Waals surface area contributed by atoms with Gasteiger partial charge in [-0.15, -0.1) is 34.0 Å². The second kappa shape index (κ2) is 24.3. The van der Waals surface area contributed by atoms with Crippen LogP contribution in [-0.4, -0.2) is 97.8 Å². The van der Waals surface area contributed by atoms with Gasteiger partial charge in [-0.05, 0) is 82.9 Å². The number of thiophene rings is 3. The topological polar surface area (TPSA) is 220 Å². The normalized spacial score (nSPS) is 11.4. The molecule has 0 aliphatic heterocycles. The van der Waals surface area contributed by atoms with Gasteiger partial charge in [-0.2, -0.15) is 5.10 Å². The lowest BCUT2D eigenvalue weighted by molar-refractivity contribution is 0.600. The van der Waals surface area contributed by atoms with Crippen LogP contribution in [0.15, 0.2) is 183 Å². The summed E-state index contributed by atoms with van der Waals surface area (Å²) in [5, 5.41) is 10.6. The highest BCUT2D eigenvalue weighted by Crippen LogP contribution is 2.26. The van der Waals surface area contributed by atoms with Crippen molar-refractivity contribution in [3.05, 3.63) is 183 Å². The van der Waals surface area contributed by atoms with Crippen LogP contribution in [0.1, 0.15) is 36.9 Å². The molecule has 0 fully saturated rings. The van der Waals surface area contributed by atoms with Gasteiger partial charge in [0.2, 0.25) is 0 Å². The van der Waals surface area contributed by atoms with Crippen LogP contribution in [0.2, 0.25) is 0 Å². The van der Waals surface area contributed by atoms with Gasteiger partial charge < -0.3 is 9.13 Å². The van der Waals surface area contributed by atoms with Crippen LogP contribution < -0.4 is 0 Å². The third kappa shape index (κ3) is 13.7. The Morgan fingerprint density at radius 2 is 0.872 bits per heavy atom. The van der Waals surface area contributed by atoms with Crippen LogP contribution in [0.5, 0.6) is 0 Å². The Bertz CT molecular complexity index is 4190. The molecule has 0 amide bonds. The van der Waals surface area contributed by atoms with Gasteiger partial charge in [0, 0.05) is 50.1 Å². The smallest absolute Gasteiger partial charge is 0.200 e. The summed E-state index contributed by atoms with van der Waals surface area (Å²) in [4.78, 5) is 35.9. The van der Waals surface area contributed by atoms with Gasteiger partial charge in [-0.3, -0.25) is 4.68 Å². The Hall–Kier alpha value is -7.67. The molecule has 402 valence electrons. The second-order valence-corrected chi connectivity index (χ2v) is 26.2. The molecule has 0 saturated heterocycles. The van der Waals surface area contributed by atoms with Crippen molar-refractivity contribution in [2.75, 3.05) is 18.8 Å². The van der Waals surface area contributed by atoms with Gasteiger partial charge in [0.15, 0.2) is 52.1 Å². The van der Waals surface area contributed by atoms with E-state index in [1.165, 1.54) is 33.4 Å². The molecule has 0 bridgehead atoms. The van der Waals surface area contributed by atoms with Crippen molar-refractivity contribution in [3.8, 4) is 33.8 Å². The van der Waals surface area contributed by atoms with Crippen LogP contribution >= 0.6 is 34.0 Å². The molecular formula is C55H55N11O6S6. The summed E-state index contributed by atoms with van der Waals surface area (Å²) in [5.41, 5.74) is 8.84. The third-order valence-electron chi connectivity index (χ3n) is 11.5. The molecule has 12 rings (SSSR count). The summed E-state index contributed by atoms with van der Waals surface area (Å²) in [6.45, 7) is 2.16. The molecule has 0 radical (unpaired) electrons. The van der Waals surface area contributed by atoms with Crippen molar-refractivity contribution >= 4 is 97.1 Å². The van der Waals surface area contributed by atoms with Gasteiger partial charge >= 0.3 is 0 Å². The van der Waals surface area contributed by atoms with Gasteiger partial charge in [-0.25, -0.2) is 60.1 Å². The number of aromatic nitrogens is 11. The highest BCUT2D eigenvalue weighted by molar-refractivity contribution is 7.91. The summed E-state index contributed by atoms with van der Waals surface area (Å²) >= 11 is 5.08. The van der Waals surface area contributed by atoms with Crippen molar-refractivity contribution in [3.63, 3.8) is 0 Å². The van der Waals surface area contributed by atoms with Crippen LogP contribution in [0.3, 0.4) is 0 Å². The zero-order valence-electron chi connectivity index (χ0n) is 40.1. The van der Waals surface area contributed by atoms with Gasteiger partial charge in [-0.1, -0.05) is 76.9 Å². The van der Waals surface area contributed by atoms with Crippen molar-refractivity contribution < 1.29 is 25.3 Å². The van der Waals surface area contributed by atoms with E-state index in [0.717, 1.165) is 40.0 Å². The van der Waals surface area contributed by atoms with Gasteiger partial charge in [0.25, 0.3) is 0 Å². The minimum atomic E-state index is -3.21. The van der Waals surface area contributed by atoms with Crippen molar-refractivity contribution in [1.82, 2.24) is 53.8 Å². The molecule has 0 aliphatic rings. The number of rotatable bonds is 12. The molecular weight excluding hydrogens is 1100 g/mol. The number of hydrogen-bond donors (Lipinski definition) is 0. The number of imidazole rings is 2. The predicted octanol–water partition coefficient (Wildman–Crippen LogP) is 11.5. The largest absolute Gasteiger partial charge is 0.324 e. The number of hydrogen-bond acceptors (Lipinski definition) is 17. The Kier molecular flexibility index (Phi) is 18.1. The van der Waals surface area contributed by atoms with E-state index in [9.17, 15) is 25.3 Å². The predicted molar refractivity (Wildman–Crippen MR) is 314 cm³/mol. The summed E-state index contributed by atoms with van der Waals surface area (Å²) < 4.78 is 75.2. The van der Waals surface area contributed by atoms with E-state index in [4.69, 9.17) is 0 Å². The van der Waals surface area contributed by atoms with Gasteiger partial charge in [0.05, 0.1) is 88.2 Å². The van der Waals surface area contributed by atoms with E-state index in [1.54, 1.807) is 132 Å². The van der Waals surface area contributed by atoms with Crippen molar-refractivity contribution in [1.29, 1.82) is 0 Å². The van der Waals surface area contributed by atoms with E-state index in [2.05, 4.69) is 68.1 Å². The van der Waals surface area contributed by atoms with Crippen molar-refractivity contribution in [2.45, 2.75) is 56.6 Å². The molecule has 3 aromatic carbocycles. The Labute approximate surface area is 465 Å². The molecule has 0 aliphatic carbocycles. The summed E-state index contributed by atoms with van der Waals surface area (Å²) in [6.07, 6.45) is 12.3. The first-order chi connectivity index (χ1) is 36.0. The number of sulfone groups is 3. The monoisotopic (exact) mass is 1160 g/mol. The van der Waals surface area contributed by atoms with Crippen LogP contribution in [0.4, 0.5) is 0 Å². The van der Waals surface area contributed by atoms with Crippen LogP contribution in [0.25, 0.3) is 67.4 Å². The van der Waals surface area contributed by atoms with E-state index >= 15 is 0 Å². The van der Waals surface area contributed by atoms with Gasteiger partial charge in [0.1, 0.15) is 5.52 Å². The average Bonchev–Trinajstić information content (AvgIpc) is 4.31. The Balaban J connectivity index is 0.000000166. The lowest BCUT2D eigenvalue weighted by Gasteiger charge is -2.05. The zero-order valence-corrected chi connectivity index (χ0v) is 45.0. The summed E-state index contributed by atoms with van der Waals surface area (Å²) in [5.74, 6) is 0. The fourth-order valence-electron chi connectivity index (χ4n) is 7.71. The highest BCUT2D eigenvalue weighted by Gasteiger charge is 2.14. The number of pyridine rings is 1. The highest BCUT2D eigenvalue weighted by atomic mass is 32.2.